The summed E-state index contributed by atoms with van der Waals surface area (Å²) in [6.45, 7) is 1.50. The molecule has 2 aromatic rings. The first kappa shape index (κ1) is 13.5. The molecule has 0 spiro atoms. The summed E-state index contributed by atoms with van der Waals surface area (Å²) in [6.07, 6.45) is 2.35. The Morgan fingerprint density at radius 2 is 2.30 bits per heavy atom. The van der Waals surface area contributed by atoms with E-state index in [1.165, 1.54) is 11.3 Å². The molecule has 3 rings (SSSR count). The quantitative estimate of drug-likeness (QED) is 0.934. The summed E-state index contributed by atoms with van der Waals surface area (Å²) in [5.41, 5.74) is 0.633. The molecule has 0 aliphatic carbocycles. The Bertz CT molecular complexity index is 597. The Hall–Kier alpha value is -1.53. The number of halogens is 2. The van der Waals surface area contributed by atoms with E-state index in [1.54, 1.807) is 5.38 Å². The maximum atomic E-state index is 13.7. The van der Waals surface area contributed by atoms with Crippen LogP contribution in [0.5, 0.6) is 0 Å². The highest BCUT2D eigenvalue weighted by atomic mass is 32.1. The van der Waals surface area contributed by atoms with E-state index in [9.17, 15) is 8.78 Å². The molecule has 1 fully saturated rings. The molecule has 1 aliphatic heterocycles. The lowest BCUT2D eigenvalue weighted by molar-refractivity contribution is 0.120. The van der Waals surface area contributed by atoms with E-state index in [-0.39, 0.29) is 11.7 Å². The molecule has 106 valence electrons. The van der Waals surface area contributed by atoms with Crippen molar-refractivity contribution >= 4 is 16.5 Å². The van der Waals surface area contributed by atoms with E-state index in [2.05, 4.69) is 10.3 Å². The van der Waals surface area contributed by atoms with Crippen molar-refractivity contribution in [3.63, 3.8) is 0 Å². The molecule has 1 aromatic heterocycles. The van der Waals surface area contributed by atoms with Crippen molar-refractivity contribution in [3.8, 4) is 11.3 Å². The number of ether oxygens (including phenoxy) is 1. The molecular weight excluding hydrogens is 282 g/mol. The Kier molecular flexibility index (Phi) is 3.93. The second-order valence-corrected chi connectivity index (χ2v) is 5.54. The molecular formula is C14H14F2N2OS. The van der Waals surface area contributed by atoms with Crippen LogP contribution in [-0.2, 0) is 4.74 Å². The molecule has 2 heterocycles. The second-order valence-electron chi connectivity index (χ2n) is 4.68. The monoisotopic (exact) mass is 296 g/mol. The summed E-state index contributed by atoms with van der Waals surface area (Å²) in [5.74, 6) is -0.939. The van der Waals surface area contributed by atoms with Gasteiger partial charge in [0.05, 0.1) is 11.8 Å². The third-order valence-corrected chi connectivity index (χ3v) is 4.01. The summed E-state index contributed by atoms with van der Waals surface area (Å²) in [4.78, 5) is 4.29. The smallest absolute Gasteiger partial charge is 0.183 e. The Labute approximate surface area is 119 Å². The zero-order chi connectivity index (χ0) is 13.9. The van der Waals surface area contributed by atoms with Crippen LogP contribution in [0, 0.1) is 11.6 Å². The highest BCUT2D eigenvalue weighted by Gasteiger charge is 2.16. The van der Waals surface area contributed by atoms with Gasteiger partial charge in [-0.15, -0.1) is 11.3 Å². The van der Waals surface area contributed by atoms with Crippen LogP contribution in [0.15, 0.2) is 23.6 Å². The number of anilines is 1. The van der Waals surface area contributed by atoms with E-state index in [0.717, 1.165) is 37.6 Å². The minimum Gasteiger partial charge on any atom is -0.376 e. The Morgan fingerprint density at radius 3 is 3.10 bits per heavy atom. The van der Waals surface area contributed by atoms with Crippen LogP contribution in [0.2, 0.25) is 0 Å². The highest BCUT2D eigenvalue weighted by Crippen LogP contribution is 2.27. The molecule has 0 bridgehead atoms. The predicted molar refractivity (Wildman–Crippen MR) is 74.9 cm³/mol. The van der Waals surface area contributed by atoms with Crippen LogP contribution in [0.4, 0.5) is 13.9 Å². The van der Waals surface area contributed by atoms with E-state index < -0.39 is 11.6 Å². The van der Waals surface area contributed by atoms with Crippen LogP contribution in [0.25, 0.3) is 11.3 Å². The lowest BCUT2D eigenvalue weighted by Gasteiger charge is -2.09. The van der Waals surface area contributed by atoms with Gasteiger partial charge in [0.15, 0.2) is 5.13 Å². The largest absolute Gasteiger partial charge is 0.376 e. The van der Waals surface area contributed by atoms with Gasteiger partial charge in [-0.3, -0.25) is 0 Å². The van der Waals surface area contributed by atoms with E-state index >= 15 is 0 Å². The molecule has 6 heteroatoms. The van der Waals surface area contributed by atoms with Gasteiger partial charge in [-0.25, -0.2) is 13.8 Å². The van der Waals surface area contributed by atoms with Gasteiger partial charge < -0.3 is 10.1 Å². The molecule has 0 amide bonds. The SMILES string of the molecule is Fc1ccc(F)c(-c2csc(NCC3CCCO3)n2)c1. The van der Waals surface area contributed by atoms with Crippen molar-refractivity contribution in [2.45, 2.75) is 18.9 Å². The summed E-state index contributed by atoms with van der Waals surface area (Å²) in [6, 6.07) is 3.37. The fraction of sp³-hybridized carbons (Fsp3) is 0.357. The number of rotatable bonds is 4. The number of hydrogen-bond donors (Lipinski definition) is 1. The molecule has 1 aromatic carbocycles. The molecule has 1 unspecified atom stereocenters. The molecule has 1 saturated heterocycles. The molecule has 0 saturated carbocycles. The van der Waals surface area contributed by atoms with Crippen molar-refractivity contribution in [3.05, 3.63) is 35.2 Å². The van der Waals surface area contributed by atoms with Gasteiger partial charge in [-0.05, 0) is 31.0 Å². The zero-order valence-electron chi connectivity index (χ0n) is 10.7. The maximum Gasteiger partial charge on any atom is 0.183 e. The Balaban J connectivity index is 1.71. The van der Waals surface area contributed by atoms with Gasteiger partial charge in [0.1, 0.15) is 11.6 Å². The maximum absolute atomic E-state index is 13.7. The average molecular weight is 296 g/mol. The summed E-state index contributed by atoms with van der Waals surface area (Å²) in [7, 11) is 0. The lowest BCUT2D eigenvalue weighted by atomic mass is 10.1. The van der Waals surface area contributed by atoms with Gasteiger partial charge in [0, 0.05) is 24.1 Å². The summed E-state index contributed by atoms with van der Waals surface area (Å²) >= 11 is 1.38. The van der Waals surface area contributed by atoms with Crippen molar-refractivity contribution in [1.29, 1.82) is 0 Å². The third-order valence-electron chi connectivity index (χ3n) is 3.21. The first-order chi connectivity index (χ1) is 9.72. The van der Waals surface area contributed by atoms with Crippen LogP contribution in [0.1, 0.15) is 12.8 Å². The lowest BCUT2D eigenvalue weighted by Crippen LogP contribution is -2.18. The second kappa shape index (κ2) is 5.85. The van der Waals surface area contributed by atoms with Gasteiger partial charge in [0.2, 0.25) is 0 Å². The number of nitrogens with one attached hydrogen (secondary N) is 1. The van der Waals surface area contributed by atoms with Crippen LogP contribution >= 0.6 is 11.3 Å². The molecule has 0 radical (unpaired) electrons. The zero-order valence-corrected chi connectivity index (χ0v) is 11.6. The average Bonchev–Trinajstić information content (AvgIpc) is 3.10. The topological polar surface area (TPSA) is 34.1 Å². The summed E-state index contributed by atoms with van der Waals surface area (Å²) in [5, 5.41) is 5.59. The standard InChI is InChI=1S/C14H14F2N2OS/c15-9-3-4-12(16)11(6-9)13-8-20-14(18-13)17-7-10-2-1-5-19-10/h3-4,6,8,10H,1-2,5,7H2,(H,17,18). The van der Waals surface area contributed by atoms with Crippen LogP contribution in [0.3, 0.4) is 0 Å². The van der Waals surface area contributed by atoms with E-state index in [1.807, 2.05) is 0 Å². The number of benzene rings is 1. The molecule has 1 aliphatic rings. The molecule has 20 heavy (non-hydrogen) atoms. The minimum atomic E-state index is -0.470. The van der Waals surface area contributed by atoms with Crippen molar-refractivity contribution in [2.24, 2.45) is 0 Å². The Morgan fingerprint density at radius 1 is 1.40 bits per heavy atom. The van der Waals surface area contributed by atoms with Crippen LogP contribution in [-0.4, -0.2) is 24.2 Å². The highest BCUT2D eigenvalue weighted by molar-refractivity contribution is 7.14. The van der Waals surface area contributed by atoms with Crippen molar-refractivity contribution < 1.29 is 13.5 Å². The van der Waals surface area contributed by atoms with Crippen molar-refractivity contribution in [1.82, 2.24) is 4.98 Å². The van der Waals surface area contributed by atoms with Crippen molar-refractivity contribution in [2.75, 3.05) is 18.5 Å². The number of nitrogens with zero attached hydrogens (tertiary/aromatic N) is 1. The number of thiazole rings is 1. The normalized spacial score (nSPS) is 18.4. The van der Waals surface area contributed by atoms with Gasteiger partial charge in [-0.1, -0.05) is 0 Å². The first-order valence-corrected chi connectivity index (χ1v) is 7.37. The number of hydrogen-bond acceptors (Lipinski definition) is 4. The van der Waals surface area contributed by atoms with Gasteiger partial charge in [0.25, 0.3) is 0 Å². The van der Waals surface area contributed by atoms with E-state index in [4.69, 9.17) is 4.74 Å². The van der Waals surface area contributed by atoms with Gasteiger partial charge in [-0.2, -0.15) is 0 Å². The summed E-state index contributed by atoms with van der Waals surface area (Å²) < 4.78 is 32.3. The fourth-order valence-electron chi connectivity index (χ4n) is 2.18. The third kappa shape index (κ3) is 2.96. The first-order valence-electron chi connectivity index (χ1n) is 6.49. The van der Waals surface area contributed by atoms with E-state index in [0.29, 0.717) is 17.4 Å². The number of aromatic nitrogens is 1. The van der Waals surface area contributed by atoms with Crippen LogP contribution < -0.4 is 5.32 Å². The molecule has 1 atom stereocenters. The minimum absolute atomic E-state index is 0.186. The molecule has 3 nitrogen and oxygen atoms in total. The van der Waals surface area contributed by atoms with Gasteiger partial charge >= 0.3 is 0 Å². The fourth-order valence-corrected chi connectivity index (χ4v) is 2.90. The predicted octanol–water partition coefficient (Wildman–Crippen LogP) is 3.68. The molecule has 1 N–H and O–H groups in total.